The molecule has 122 valence electrons. The Balaban J connectivity index is 2.01. The first-order valence-corrected chi connectivity index (χ1v) is 9.23. The van der Waals surface area contributed by atoms with Crippen LogP contribution in [0.5, 0.6) is 0 Å². The lowest BCUT2D eigenvalue weighted by molar-refractivity contribution is 0.256. The molecular weight excluding hydrogens is 310 g/mol. The molecule has 2 N–H and O–H groups in total. The highest BCUT2D eigenvalue weighted by atomic mass is 32.2. The molecule has 1 aliphatic heterocycles. The van der Waals surface area contributed by atoms with Crippen LogP contribution in [0.2, 0.25) is 0 Å². The summed E-state index contributed by atoms with van der Waals surface area (Å²) >= 11 is 0. The third kappa shape index (κ3) is 3.09. The SMILES string of the molecule is Cc1ccc(S(=O)(=O)N2CCCCC2c2cccnc2N)cc1. The van der Waals surface area contributed by atoms with Crippen molar-refractivity contribution in [3.63, 3.8) is 0 Å². The van der Waals surface area contributed by atoms with Crippen LogP contribution < -0.4 is 5.73 Å². The van der Waals surface area contributed by atoms with Gasteiger partial charge in [0.05, 0.1) is 10.9 Å². The van der Waals surface area contributed by atoms with Crippen molar-refractivity contribution < 1.29 is 8.42 Å². The van der Waals surface area contributed by atoms with Gasteiger partial charge in [-0.25, -0.2) is 13.4 Å². The Morgan fingerprint density at radius 2 is 1.91 bits per heavy atom. The third-order valence-corrected chi connectivity index (χ3v) is 6.23. The molecule has 1 aromatic carbocycles. The topological polar surface area (TPSA) is 76.3 Å². The van der Waals surface area contributed by atoms with E-state index in [-0.39, 0.29) is 6.04 Å². The molecule has 0 aliphatic carbocycles. The Morgan fingerprint density at radius 3 is 2.61 bits per heavy atom. The molecule has 0 amide bonds. The van der Waals surface area contributed by atoms with Crippen molar-refractivity contribution in [3.05, 3.63) is 53.7 Å². The normalized spacial score (nSPS) is 19.6. The summed E-state index contributed by atoms with van der Waals surface area (Å²) in [6, 6.07) is 10.4. The molecule has 1 saturated heterocycles. The van der Waals surface area contributed by atoms with Crippen LogP contribution in [0.15, 0.2) is 47.5 Å². The van der Waals surface area contributed by atoms with Gasteiger partial charge in [0.15, 0.2) is 0 Å². The highest BCUT2D eigenvalue weighted by Gasteiger charge is 2.35. The van der Waals surface area contributed by atoms with Crippen molar-refractivity contribution in [3.8, 4) is 0 Å². The van der Waals surface area contributed by atoms with E-state index in [1.54, 1.807) is 28.7 Å². The van der Waals surface area contributed by atoms with Gasteiger partial charge in [-0.2, -0.15) is 4.31 Å². The monoisotopic (exact) mass is 331 g/mol. The molecule has 0 radical (unpaired) electrons. The Labute approximate surface area is 137 Å². The molecule has 0 bridgehead atoms. The lowest BCUT2D eigenvalue weighted by atomic mass is 9.98. The van der Waals surface area contributed by atoms with Gasteiger partial charge in [-0.1, -0.05) is 30.2 Å². The first-order valence-electron chi connectivity index (χ1n) is 7.79. The molecule has 0 spiro atoms. The van der Waals surface area contributed by atoms with Gasteiger partial charge in [-0.05, 0) is 38.0 Å². The van der Waals surface area contributed by atoms with E-state index in [9.17, 15) is 8.42 Å². The molecule has 1 aliphatic rings. The van der Waals surface area contributed by atoms with Gasteiger partial charge in [-0.3, -0.25) is 0 Å². The first kappa shape index (κ1) is 16.0. The number of sulfonamides is 1. The number of hydrogen-bond donors (Lipinski definition) is 1. The van der Waals surface area contributed by atoms with Crippen LogP contribution in [-0.4, -0.2) is 24.3 Å². The third-order valence-electron chi connectivity index (χ3n) is 4.31. The zero-order chi connectivity index (χ0) is 16.4. The fraction of sp³-hybridized carbons (Fsp3) is 0.353. The number of nitrogens with zero attached hydrogens (tertiary/aromatic N) is 2. The number of anilines is 1. The van der Waals surface area contributed by atoms with Crippen molar-refractivity contribution in [2.24, 2.45) is 0 Å². The number of aromatic nitrogens is 1. The van der Waals surface area contributed by atoms with Gasteiger partial charge >= 0.3 is 0 Å². The number of nitrogen functional groups attached to an aromatic ring is 1. The van der Waals surface area contributed by atoms with Crippen LogP contribution in [0.1, 0.15) is 36.4 Å². The second-order valence-electron chi connectivity index (χ2n) is 5.92. The van der Waals surface area contributed by atoms with E-state index in [0.29, 0.717) is 17.3 Å². The summed E-state index contributed by atoms with van der Waals surface area (Å²) in [6.45, 7) is 2.45. The van der Waals surface area contributed by atoms with E-state index in [1.807, 2.05) is 25.1 Å². The molecule has 1 atom stereocenters. The second-order valence-corrected chi connectivity index (χ2v) is 7.81. The van der Waals surface area contributed by atoms with E-state index in [0.717, 1.165) is 30.4 Å². The predicted octanol–water partition coefficient (Wildman–Crippen LogP) is 2.89. The van der Waals surface area contributed by atoms with E-state index in [4.69, 9.17) is 5.73 Å². The number of nitrogens with two attached hydrogens (primary N) is 1. The van der Waals surface area contributed by atoms with E-state index >= 15 is 0 Å². The van der Waals surface area contributed by atoms with Gasteiger partial charge in [-0.15, -0.1) is 0 Å². The van der Waals surface area contributed by atoms with Gasteiger partial charge in [0.2, 0.25) is 10.0 Å². The maximum Gasteiger partial charge on any atom is 0.243 e. The minimum absolute atomic E-state index is 0.247. The van der Waals surface area contributed by atoms with Crippen LogP contribution in [0, 0.1) is 6.92 Å². The lowest BCUT2D eigenvalue weighted by Gasteiger charge is -2.35. The number of rotatable bonds is 3. The Hall–Kier alpha value is -1.92. The van der Waals surface area contributed by atoms with Gasteiger partial charge in [0.25, 0.3) is 0 Å². The zero-order valence-electron chi connectivity index (χ0n) is 13.1. The number of hydrogen-bond acceptors (Lipinski definition) is 4. The smallest absolute Gasteiger partial charge is 0.243 e. The van der Waals surface area contributed by atoms with Gasteiger partial charge in [0, 0.05) is 18.3 Å². The molecule has 0 saturated carbocycles. The molecule has 23 heavy (non-hydrogen) atoms. The summed E-state index contributed by atoms with van der Waals surface area (Å²) in [6.07, 6.45) is 4.24. The van der Waals surface area contributed by atoms with E-state index in [1.165, 1.54) is 0 Å². The quantitative estimate of drug-likeness (QED) is 0.938. The Morgan fingerprint density at radius 1 is 1.17 bits per heavy atom. The molecule has 3 rings (SSSR count). The average molecular weight is 331 g/mol. The van der Waals surface area contributed by atoms with Crippen LogP contribution >= 0.6 is 0 Å². The summed E-state index contributed by atoms with van der Waals surface area (Å²) in [5, 5.41) is 0. The zero-order valence-corrected chi connectivity index (χ0v) is 14.0. The van der Waals surface area contributed by atoms with E-state index in [2.05, 4.69) is 4.98 Å². The van der Waals surface area contributed by atoms with Crippen molar-refractivity contribution in [1.82, 2.24) is 9.29 Å². The first-order chi connectivity index (χ1) is 11.0. The predicted molar refractivity (Wildman–Crippen MR) is 90.3 cm³/mol. The summed E-state index contributed by atoms with van der Waals surface area (Å²) in [7, 11) is -3.54. The average Bonchev–Trinajstić information content (AvgIpc) is 2.56. The maximum absolute atomic E-state index is 13.1. The van der Waals surface area contributed by atoms with Crippen molar-refractivity contribution in [1.29, 1.82) is 0 Å². The van der Waals surface area contributed by atoms with Crippen LogP contribution in [0.3, 0.4) is 0 Å². The highest BCUT2D eigenvalue weighted by molar-refractivity contribution is 7.89. The fourth-order valence-electron chi connectivity index (χ4n) is 3.06. The molecule has 6 heteroatoms. The number of piperidine rings is 1. The summed E-state index contributed by atoms with van der Waals surface area (Å²) < 4.78 is 27.7. The van der Waals surface area contributed by atoms with Crippen LogP contribution in [-0.2, 0) is 10.0 Å². The summed E-state index contributed by atoms with van der Waals surface area (Å²) in [5.74, 6) is 0.406. The minimum Gasteiger partial charge on any atom is -0.383 e. The summed E-state index contributed by atoms with van der Waals surface area (Å²) in [4.78, 5) is 4.44. The maximum atomic E-state index is 13.1. The molecule has 1 fully saturated rings. The fourth-order valence-corrected chi connectivity index (χ4v) is 4.74. The molecule has 2 heterocycles. The minimum atomic E-state index is -3.54. The van der Waals surface area contributed by atoms with Crippen LogP contribution in [0.25, 0.3) is 0 Å². The highest BCUT2D eigenvalue weighted by Crippen LogP contribution is 2.37. The molecular formula is C17H21N3O2S. The Kier molecular flexibility index (Phi) is 4.37. The largest absolute Gasteiger partial charge is 0.383 e. The summed E-state index contributed by atoms with van der Waals surface area (Å²) in [5.41, 5.74) is 7.81. The molecule has 5 nitrogen and oxygen atoms in total. The lowest BCUT2D eigenvalue weighted by Crippen LogP contribution is -2.38. The van der Waals surface area contributed by atoms with E-state index < -0.39 is 10.0 Å². The number of benzene rings is 1. The van der Waals surface area contributed by atoms with Gasteiger partial charge < -0.3 is 5.73 Å². The van der Waals surface area contributed by atoms with Crippen molar-refractivity contribution in [2.75, 3.05) is 12.3 Å². The number of aryl methyl sites for hydroxylation is 1. The number of pyridine rings is 1. The molecule has 2 aromatic rings. The van der Waals surface area contributed by atoms with Crippen molar-refractivity contribution in [2.45, 2.75) is 37.1 Å². The Bertz CT molecular complexity index is 788. The standard InChI is InChI=1S/C17H21N3O2S/c1-13-7-9-14(10-8-13)23(21,22)20-12-3-2-6-16(20)15-5-4-11-19-17(15)18/h4-5,7-11,16H,2-3,6,12H2,1H3,(H2,18,19). The molecule has 1 unspecified atom stereocenters. The van der Waals surface area contributed by atoms with Crippen molar-refractivity contribution >= 4 is 15.8 Å². The second kappa shape index (κ2) is 6.29. The van der Waals surface area contributed by atoms with Gasteiger partial charge in [0.1, 0.15) is 5.82 Å². The van der Waals surface area contributed by atoms with Crippen LogP contribution in [0.4, 0.5) is 5.82 Å². The molecule has 1 aromatic heterocycles.